The Morgan fingerprint density at radius 3 is 2.38 bits per heavy atom. The van der Waals surface area contributed by atoms with Crippen LogP contribution in [0.4, 0.5) is 0 Å². The summed E-state index contributed by atoms with van der Waals surface area (Å²) in [5, 5.41) is 0. The van der Waals surface area contributed by atoms with Crippen molar-refractivity contribution in [2.45, 2.75) is 52.4 Å². The Hall–Kier alpha value is -1.63. The van der Waals surface area contributed by atoms with E-state index in [1.54, 1.807) is 5.56 Å². The highest BCUT2D eigenvalue weighted by molar-refractivity contribution is 5.64. The van der Waals surface area contributed by atoms with Gasteiger partial charge in [0.05, 0.1) is 0 Å². The van der Waals surface area contributed by atoms with Crippen LogP contribution in [0.15, 0.2) is 30.5 Å². The average molecular weight is 280 g/mol. The Balaban J connectivity index is 2.13. The lowest BCUT2D eigenvalue weighted by Crippen LogP contribution is -2.30. The van der Waals surface area contributed by atoms with Gasteiger partial charge in [-0.3, -0.25) is 0 Å². The molecule has 0 saturated heterocycles. The van der Waals surface area contributed by atoms with Gasteiger partial charge in [-0.15, -0.1) is 0 Å². The van der Waals surface area contributed by atoms with Crippen LogP contribution in [-0.4, -0.2) is 0 Å². The Morgan fingerprint density at radius 2 is 1.67 bits per heavy atom. The van der Waals surface area contributed by atoms with Gasteiger partial charge < -0.3 is 0 Å². The van der Waals surface area contributed by atoms with E-state index in [9.17, 15) is 0 Å². The molecule has 21 heavy (non-hydrogen) atoms. The van der Waals surface area contributed by atoms with Gasteiger partial charge >= 0.3 is 0 Å². The van der Waals surface area contributed by atoms with Gasteiger partial charge in [-0.25, -0.2) is 4.57 Å². The van der Waals surface area contributed by atoms with Crippen LogP contribution in [0.1, 0.15) is 53.9 Å². The van der Waals surface area contributed by atoms with Crippen molar-refractivity contribution in [3.63, 3.8) is 0 Å². The summed E-state index contributed by atoms with van der Waals surface area (Å²) in [6, 6.07) is 9.32. The Bertz CT molecular complexity index is 664. The first-order valence-electron chi connectivity index (χ1n) is 8.14. The van der Waals surface area contributed by atoms with Crippen LogP contribution >= 0.6 is 0 Å². The number of rotatable bonds is 2. The van der Waals surface area contributed by atoms with Gasteiger partial charge in [0, 0.05) is 17.7 Å². The lowest BCUT2D eigenvalue weighted by atomic mass is 9.89. The molecule has 1 aromatic carbocycles. The fourth-order valence-electron chi connectivity index (χ4n) is 3.76. The van der Waals surface area contributed by atoms with E-state index in [4.69, 9.17) is 0 Å². The maximum Gasteiger partial charge on any atom is 0.212 e. The molecule has 3 rings (SSSR count). The zero-order chi connectivity index (χ0) is 15.0. The molecule has 1 saturated carbocycles. The maximum absolute atomic E-state index is 2.47. The van der Waals surface area contributed by atoms with Gasteiger partial charge in [0.25, 0.3) is 0 Å². The smallest absolute Gasteiger partial charge is 0.201 e. The van der Waals surface area contributed by atoms with Gasteiger partial charge in [-0.05, 0) is 67.9 Å². The SMILES string of the molecule is Cc1cc[n+](C)c(-c2cc(C3CCCC3)c(C)cc2C)c1. The monoisotopic (exact) mass is 280 g/mol. The first-order valence-corrected chi connectivity index (χ1v) is 8.14. The van der Waals surface area contributed by atoms with Crippen molar-refractivity contribution in [1.82, 2.24) is 0 Å². The minimum Gasteiger partial charge on any atom is -0.201 e. The van der Waals surface area contributed by atoms with Gasteiger partial charge in [0.1, 0.15) is 7.05 Å². The van der Waals surface area contributed by atoms with E-state index in [-0.39, 0.29) is 0 Å². The zero-order valence-electron chi connectivity index (χ0n) is 13.7. The average Bonchev–Trinajstić information content (AvgIpc) is 2.96. The van der Waals surface area contributed by atoms with Crippen LogP contribution in [0, 0.1) is 20.8 Å². The van der Waals surface area contributed by atoms with Crippen LogP contribution in [0.25, 0.3) is 11.3 Å². The topological polar surface area (TPSA) is 3.88 Å². The Kier molecular flexibility index (Phi) is 3.84. The normalized spacial score (nSPS) is 15.6. The molecule has 2 aromatic rings. The number of nitrogens with zero attached hydrogens (tertiary/aromatic N) is 1. The fraction of sp³-hybridized carbons (Fsp3) is 0.450. The summed E-state index contributed by atoms with van der Waals surface area (Å²) in [5.74, 6) is 0.777. The second-order valence-corrected chi connectivity index (χ2v) is 6.71. The minimum atomic E-state index is 0.777. The van der Waals surface area contributed by atoms with Crippen molar-refractivity contribution in [1.29, 1.82) is 0 Å². The van der Waals surface area contributed by atoms with E-state index in [2.05, 4.69) is 62.8 Å². The number of aryl methyl sites for hydroxylation is 4. The zero-order valence-corrected chi connectivity index (χ0v) is 13.7. The Morgan fingerprint density at radius 1 is 0.952 bits per heavy atom. The quantitative estimate of drug-likeness (QED) is 0.698. The number of aromatic nitrogens is 1. The highest BCUT2D eigenvalue weighted by atomic mass is 14.9. The molecule has 1 heterocycles. The highest BCUT2D eigenvalue weighted by Gasteiger charge is 2.22. The van der Waals surface area contributed by atoms with E-state index in [1.807, 2.05) is 0 Å². The summed E-state index contributed by atoms with van der Waals surface area (Å²) < 4.78 is 2.24. The summed E-state index contributed by atoms with van der Waals surface area (Å²) in [4.78, 5) is 0. The van der Waals surface area contributed by atoms with Crippen molar-refractivity contribution in [2.24, 2.45) is 7.05 Å². The predicted octanol–water partition coefficient (Wildman–Crippen LogP) is 4.76. The van der Waals surface area contributed by atoms with E-state index < -0.39 is 0 Å². The molecule has 1 aliphatic carbocycles. The van der Waals surface area contributed by atoms with Crippen molar-refractivity contribution in [2.75, 3.05) is 0 Å². The van der Waals surface area contributed by atoms with E-state index >= 15 is 0 Å². The number of hydrogen-bond acceptors (Lipinski definition) is 0. The molecule has 0 atom stereocenters. The largest absolute Gasteiger partial charge is 0.212 e. The minimum absolute atomic E-state index is 0.777. The molecule has 110 valence electrons. The van der Waals surface area contributed by atoms with E-state index in [0.717, 1.165) is 5.92 Å². The third kappa shape index (κ3) is 2.74. The van der Waals surface area contributed by atoms with Crippen LogP contribution in [0.5, 0.6) is 0 Å². The van der Waals surface area contributed by atoms with Crippen molar-refractivity contribution in [3.05, 3.63) is 52.7 Å². The van der Waals surface area contributed by atoms with Crippen LogP contribution in [-0.2, 0) is 7.05 Å². The van der Waals surface area contributed by atoms with Gasteiger partial charge in [0.2, 0.25) is 5.69 Å². The molecule has 0 unspecified atom stereocenters. The van der Waals surface area contributed by atoms with E-state index in [1.165, 1.54) is 53.6 Å². The summed E-state index contributed by atoms with van der Waals surface area (Å²) in [7, 11) is 2.14. The molecule has 1 fully saturated rings. The number of hydrogen-bond donors (Lipinski definition) is 0. The van der Waals surface area contributed by atoms with Gasteiger partial charge in [0.15, 0.2) is 6.20 Å². The summed E-state index contributed by atoms with van der Waals surface area (Å²) in [6.45, 7) is 6.69. The lowest BCUT2D eigenvalue weighted by Gasteiger charge is -2.16. The lowest BCUT2D eigenvalue weighted by molar-refractivity contribution is -0.660. The summed E-state index contributed by atoms with van der Waals surface area (Å²) >= 11 is 0. The second-order valence-electron chi connectivity index (χ2n) is 6.71. The predicted molar refractivity (Wildman–Crippen MR) is 88.5 cm³/mol. The van der Waals surface area contributed by atoms with Crippen LogP contribution < -0.4 is 4.57 Å². The van der Waals surface area contributed by atoms with Crippen LogP contribution in [0.2, 0.25) is 0 Å². The molecule has 1 nitrogen and oxygen atoms in total. The van der Waals surface area contributed by atoms with Crippen molar-refractivity contribution in [3.8, 4) is 11.3 Å². The number of pyridine rings is 1. The highest BCUT2D eigenvalue weighted by Crippen LogP contribution is 2.38. The first-order chi connectivity index (χ1) is 10.1. The van der Waals surface area contributed by atoms with Gasteiger partial charge in [-0.1, -0.05) is 18.9 Å². The van der Waals surface area contributed by atoms with Crippen LogP contribution in [0.3, 0.4) is 0 Å². The molecular formula is C20H26N+. The Labute approximate surface area is 128 Å². The third-order valence-electron chi connectivity index (χ3n) is 4.99. The molecule has 0 spiro atoms. The molecule has 0 bridgehead atoms. The molecule has 0 amide bonds. The molecule has 1 heteroatoms. The molecule has 1 aromatic heterocycles. The number of benzene rings is 1. The first kappa shape index (κ1) is 14.3. The summed E-state index contributed by atoms with van der Waals surface area (Å²) in [6.07, 6.45) is 7.68. The third-order valence-corrected chi connectivity index (χ3v) is 4.99. The molecule has 1 aliphatic rings. The van der Waals surface area contributed by atoms with Gasteiger partial charge in [-0.2, -0.15) is 0 Å². The second kappa shape index (κ2) is 5.63. The summed E-state index contributed by atoms with van der Waals surface area (Å²) in [5.41, 5.74) is 8.48. The van der Waals surface area contributed by atoms with E-state index in [0.29, 0.717) is 0 Å². The molecule has 0 aliphatic heterocycles. The van der Waals surface area contributed by atoms with Crippen molar-refractivity contribution >= 4 is 0 Å². The molecule has 0 radical (unpaired) electrons. The molecular weight excluding hydrogens is 254 g/mol. The van der Waals surface area contributed by atoms with Crippen molar-refractivity contribution < 1.29 is 4.57 Å². The maximum atomic E-state index is 2.47. The molecule has 0 N–H and O–H groups in total. The fourth-order valence-corrected chi connectivity index (χ4v) is 3.76. The standard InChI is InChI=1S/C20H26N/c1-14-9-10-21(4)20(11-14)19-13-18(15(2)12-16(19)3)17-7-5-6-8-17/h9-13,17H,5-8H2,1-4H3/q+1.